The number of nitrogens with one attached hydrogen (secondary N) is 1. The Labute approximate surface area is 574 Å². The van der Waals surface area contributed by atoms with E-state index in [2.05, 4.69) is 43.5 Å². The molecule has 0 radical (unpaired) electrons. The molecule has 0 spiro atoms. The highest BCUT2D eigenvalue weighted by Crippen LogP contribution is 2.33. The number of aliphatic hydroxyl groups is 11. The van der Waals surface area contributed by atoms with Crippen molar-refractivity contribution in [2.24, 2.45) is 0 Å². The number of aliphatic hydroxyl groups excluding tert-OH is 11. The van der Waals surface area contributed by atoms with Crippen LogP contribution in [0.3, 0.4) is 0 Å². The molecule has 0 aromatic heterocycles. The first kappa shape index (κ1) is 87.2. The highest BCUT2D eigenvalue weighted by atomic mass is 16.8. The third kappa shape index (κ3) is 38.6. The molecule has 0 saturated carbocycles. The summed E-state index contributed by atoms with van der Waals surface area (Å²) < 4.78 is 34.4. The number of unbranched alkanes of at least 4 members (excludes halogenated alkanes) is 41. The first-order valence-electron chi connectivity index (χ1n) is 38.7. The quantitative estimate of drug-likeness (QED) is 0.0199. The Balaban J connectivity index is 1.42. The summed E-state index contributed by atoms with van der Waals surface area (Å²) >= 11 is 0. The van der Waals surface area contributed by atoms with E-state index >= 15 is 0 Å². The van der Waals surface area contributed by atoms with Gasteiger partial charge < -0.3 is 89.9 Å². The molecule has 1 amide bonds. The first-order chi connectivity index (χ1) is 46.3. The van der Waals surface area contributed by atoms with Crippen molar-refractivity contribution < 1.29 is 89.4 Å². The standard InChI is InChI=1S/C76H141NO18/c1-3-5-7-9-11-13-15-17-19-21-23-25-27-28-29-30-31-32-33-35-37-39-41-43-45-47-49-51-53-60(81)59(77-64(82)54-52-50-48-46-44-42-40-38-36-34-26-24-22-20-18-16-14-12-10-8-6-4-2)58-90-74-70(88)67(85)72(62(56-79)92-74)95-76-71(89)68(86)73(63(57-80)93-76)94-75-69(87)66(84)65(83)61(55-78)91-75/h35,37,43,45,51,53,59-63,65-76,78-81,83-89H,3-34,36,38-42,44,46-50,52,54-58H2,1-2H3,(H,77,82)/b37-35+,45-43+,53-51+. The summed E-state index contributed by atoms with van der Waals surface area (Å²) in [6, 6.07) is -0.995. The summed E-state index contributed by atoms with van der Waals surface area (Å²) in [7, 11) is 0. The van der Waals surface area contributed by atoms with Gasteiger partial charge in [0.2, 0.25) is 5.91 Å². The molecule has 0 aromatic rings. The lowest BCUT2D eigenvalue weighted by Crippen LogP contribution is -2.66. The number of carbonyl (C=O) groups is 1. The molecule has 0 aromatic carbocycles. The van der Waals surface area contributed by atoms with Crippen molar-refractivity contribution in [3.8, 4) is 0 Å². The van der Waals surface area contributed by atoms with E-state index in [1.807, 2.05) is 6.08 Å². The largest absolute Gasteiger partial charge is 0.394 e. The van der Waals surface area contributed by atoms with Crippen molar-refractivity contribution in [2.75, 3.05) is 26.4 Å². The second-order valence-electron chi connectivity index (χ2n) is 27.8. The minimum absolute atomic E-state index is 0.236. The molecule has 3 aliphatic rings. The molecule has 0 aliphatic carbocycles. The second-order valence-corrected chi connectivity index (χ2v) is 27.8. The van der Waals surface area contributed by atoms with Gasteiger partial charge in [-0.1, -0.05) is 294 Å². The minimum atomic E-state index is -1.98. The molecule has 3 rings (SSSR count). The zero-order valence-corrected chi connectivity index (χ0v) is 59.4. The third-order valence-electron chi connectivity index (χ3n) is 19.4. The molecule has 3 aliphatic heterocycles. The van der Waals surface area contributed by atoms with Gasteiger partial charge in [0.05, 0.1) is 38.6 Å². The van der Waals surface area contributed by atoms with Gasteiger partial charge in [0.1, 0.15) is 73.2 Å². The Morgan fingerprint density at radius 1 is 0.368 bits per heavy atom. The zero-order valence-electron chi connectivity index (χ0n) is 59.4. The summed E-state index contributed by atoms with van der Waals surface area (Å²) in [6.07, 6.45) is 42.8. The summed E-state index contributed by atoms with van der Waals surface area (Å²) in [6.45, 7) is 1.76. The van der Waals surface area contributed by atoms with Gasteiger partial charge in [0.15, 0.2) is 18.9 Å². The van der Waals surface area contributed by atoms with Crippen LogP contribution in [0.5, 0.6) is 0 Å². The number of carbonyl (C=O) groups excluding carboxylic acids is 1. The van der Waals surface area contributed by atoms with Gasteiger partial charge in [-0.25, -0.2) is 0 Å². The molecule has 558 valence electrons. The fourth-order valence-electron chi connectivity index (χ4n) is 13.2. The Morgan fingerprint density at radius 2 is 0.674 bits per heavy atom. The van der Waals surface area contributed by atoms with Crippen LogP contribution < -0.4 is 5.32 Å². The molecule has 3 heterocycles. The second kappa shape index (κ2) is 57.6. The molecule has 95 heavy (non-hydrogen) atoms. The zero-order chi connectivity index (χ0) is 68.9. The molecular formula is C76H141NO18. The van der Waals surface area contributed by atoms with Crippen molar-refractivity contribution in [2.45, 2.75) is 413 Å². The van der Waals surface area contributed by atoms with E-state index in [0.717, 1.165) is 44.9 Å². The molecule has 12 N–H and O–H groups in total. The summed E-state index contributed by atoms with van der Waals surface area (Å²) in [4.78, 5) is 13.4. The van der Waals surface area contributed by atoms with E-state index in [-0.39, 0.29) is 18.9 Å². The van der Waals surface area contributed by atoms with E-state index in [1.54, 1.807) is 6.08 Å². The maximum absolute atomic E-state index is 13.4. The fraction of sp³-hybridized carbons (Fsp3) is 0.908. The van der Waals surface area contributed by atoms with Crippen LogP contribution in [0.15, 0.2) is 36.5 Å². The van der Waals surface area contributed by atoms with Crippen molar-refractivity contribution in [1.29, 1.82) is 0 Å². The smallest absolute Gasteiger partial charge is 0.220 e. The van der Waals surface area contributed by atoms with Crippen LogP contribution in [-0.2, 0) is 33.2 Å². The first-order valence-corrected chi connectivity index (χ1v) is 38.7. The lowest BCUT2D eigenvalue weighted by atomic mass is 9.96. The number of rotatable bonds is 61. The van der Waals surface area contributed by atoms with Gasteiger partial charge in [0.25, 0.3) is 0 Å². The predicted octanol–water partition coefficient (Wildman–Crippen LogP) is 11.9. The fourth-order valence-corrected chi connectivity index (χ4v) is 13.2. The summed E-state index contributed by atoms with van der Waals surface area (Å²) in [5.74, 6) is -0.284. The van der Waals surface area contributed by atoms with E-state index in [0.29, 0.717) is 12.8 Å². The van der Waals surface area contributed by atoms with Gasteiger partial charge in [-0.15, -0.1) is 0 Å². The number of ether oxygens (including phenoxy) is 6. The van der Waals surface area contributed by atoms with Gasteiger partial charge in [-0.2, -0.15) is 0 Å². The normalized spacial score (nSPS) is 27.4. The van der Waals surface area contributed by atoms with E-state index in [4.69, 9.17) is 28.4 Å². The summed E-state index contributed by atoms with van der Waals surface area (Å²) in [5, 5.41) is 121. The molecular weight excluding hydrogens is 1210 g/mol. The Hall–Kier alpha value is -1.99. The maximum Gasteiger partial charge on any atom is 0.220 e. The van der Waals surface area contributed by atoms with Crippen molar-refractivity contribution in [1.82, 2.24) is 5.32 Å². The number of hydrogen-bond donors (Lipinski definition) is 12. The third-order valence-corrected chi connectivity index (χ3v) is 19.4. The highest BCUT2D eigenvalue weighted by molar-refractivity contribution is 5.76. The highest BCUT2D eigenvalue weighted by Gasteiger charge is 2.53. The summed E-state index contributed by atoms with van der Waals surface area (Å²) in [5.41, 5.74) is 0. The molecule has 17 unspecified atom stereocenters. The minimum Gasteiger partial charge on any atom is -0.394 e. The van der Waals surface area contributed by atoms with Crippen molar-refractivity contribution in [3.05, 3.63) is 36.5 Å². The van der Waals surface area contributed by atoms with Gasteiger partial charge in [0, 0.05) is 6.42 Å². The Kier molecular flexibility index (Phi) is 52.9. The predicted molar refractivity (Wildman–Crippen MR) is 374 cm³/mol. The molecule has 3 saturated heterocycles. The van der Waals surface area contributed by atoms with Crippen molar-refractivity contribution >= 4 is 5.91 Å². The van der Waals surface area contributed by atoms with Crippen LogP contribution in [-0.4, -0.2) is 193 Å². The van der Waals surface area contributed by atoms with Crippen LogP contribution in [0.25, 0.3) is 0 Å². The Morgan fingerprint density at radius 3 is 1.05 bits per heavy atom. The lowest BCUT2D eigenvalue weighted by Gasteiger charge is -2.48. The van der Waals surface area contributed by atoms with Crippen LogP contribution in [0, 0.1) is 0 Å². The number of allylic oxidation sites excluding steroid dienone is 5. The number of amides is 1. The van der Waals surface area contributed by atoms with Crippen molar-refractivity contribution in [3.63, 3.8) is 0 Å². The molecule has 0 bridgehead atoms. The topological polar surface area (TPSA) is 307 Å². The molecule has 17 atom stereocenters. The van der Waals surface area contributed by atoms with Crippen LogP contribution in [0.1, 0.15) is 309 Å². The van der Waals surface area contributed by atoms with E-state index < -0.39 is 124 Å². The number of hydrogen-bond acceptors (Lipinski definition) is 18. The molecule has 19 heteroatoms. The average molecular weight is 1360 g/mol. The van der Waals surface area contributed by atoms with E-state index in [1.165, 1.54) is 231 Å². The maximum atomic E-state index is 13.4. The van der Waals surface area contributed by atoms with E-state index in [9.17, 15) is 61.0 Å². The molecule has 19 nitrogen and oxygen atoms in total. The van der Waals surface area contributed by atoms with Crippen LogP contribution in [0.2, 0.25) is 0 Å². The Bertz CT molecular complexity index is 1860. The lowest BCUT2D eigenvalue weighted by molar-refractivity contribution is -0.379. The van der Waals surface area contributed by atoms with Gasteiger partial charge in [-0.3, -0.25) is 4.79 Å². The molecule has 3 fully saturated rings. The monoisotopic (exact) mass is 1360 g/mol. The van der Waals surface area contributed by atoms with Gasteiger partial charge in [-0.05, 0) is 44.9 Å². The van der Waals surface area contributed by atoms with Gasteiger partial charge >= 0.3 is 0 Å². The average Bonchev–Trinajstić information content (AvgIpc) is 0.787. The van der Waals surface area contributed by atoms with Crippen LogP contribution in [0.4, 0.5) is 0 Å². The van der Waals surface area contributed by atoms with Crippen LogP contribution >= 0.6 is 0 Å². The SMILES string of the molecule is CCCCCCCCCCCCCCCCCCCC/C=C/CC/C=C/CC/C=C/C(O)C(COC1OC(CO)C(OC2OC(CO)C(OC3OC(CO)C(O)C(O)C3O)C(O)C2O)C(O)C1O)NC(=O)CCCCCCCCCCCCCCCCCCCCCCCC.